The highest BCUT2D eigenvalue weighted by atomic mass is 35.5. The van der Waals surface area contributed by atoms with Gasteiger partial charge in [-0.1, -0.05) is 0 Å². The van der Waals surface area contributed by atoms with E-state index in [1.807, 2.05) is 19.9 Å². The van der Waals surface area contributed by atoms with Gasteiger partial charge in [0, 0.05) is 24.5 Å². The summed E-state index contributed by atoms with van der Waals surface area (Å²) in [7, 11) is 0. The molecular formula is C13H24ClN3O. The van der Waals surface area contributed by atoms with Gasteiger partial charge in [-0.15, -0.1) is 12.4 Å². The molecule has 0 saturated heterocycles. The molecule has 0 aliphatic carbocycles. The topological polar surface area (TPSA) is 60.0 Å². The fraction of sp³-hybridized carbons (Fsp3) is 0.615. The van der Waals surface area contributed by atoms with Crippen LogP contribution in [-0.4, -0.2) is 23.6 Å². The average molecular weight is 274 g/mol. The Morgan fingerprint density at radius 1 is 1.39 bits per heavy atom. The number of nitrogens with zero attached hydrogens (tertiary/aromatic N) is 1. The summed E-state index contributed by atoms with van der Waals surface area (Å²) < 4.78 is 2.15. The van der Waals surface area contributed by atoms with Crippen molar-refractivity contribution in [2.75, 3.05) is 13.1 Å². The van der Waals surface area contributed by atoms with Crippen LogP contribution in [0.4, 0.5) is 0 Å². The van der Waals surface area contributed by atoms with E-state index in [-0.39, 0.29) is 18.3 Å². The molecule has 1 amide bonds. The molecule has 0 atom stereocenters. The number of nitrogens with one attached hydrogen (secondary N) is 1. The zero-order valence-electron chi connectivity index (χ0n) is 11.5. The highest BCUT2D eigenvalue weighted by Crippen LogP contribution is 2.14. The number of aryl methyl sites for hydroxylation is 1. The standard InChI is InChI=1S/C13H23N3O.ClH/c1-4-16-10(2)9-12(11(16)3)13(17)15-8-6-5-7-14;/h9H,4-8,14H2,1-3H3,(H,15,17);1H. The number of hydrogen-bond acceptors (Lipinski definition) is 2. The first-order chi connectivity index (χ1) is 8.11. The van der Waals surface area contributed by atoms with E-state index in [4.69, 9.17) is 5.73 Å². The van der Waals surface area contributed by atoms with Crippen LogP contribution in [0, 0.1) is 13.8 Å². The second kappa shape index (κ2) is 8.16. The van der Waals surface area contributed by atoms with Gasteiger partial charge in [0.2, 0.25) is 0 Å². The molecule has 1 aromatic heterocycles. The van der Waals surface area contributed by atoms with E-state index in [2.05, 4.69) is 16.8 Å². The number of hydrogen-bond donors (Lipinski definition) is 2. The highest BCUT2D eigenvalue weighted by molar-refractivity contribution is 5.95. The van der Waals surface area contributed by atoms with Crippen molar-refractivity contribution in [2.45, 2.75) is 40.2 Å². The maximum absolute atomic E-state index is 12.0. The van der Waals surface area contributed by atoms with Gasteiger partial charge in [-0.05, 0) is 46.2 Å². The van der Waals surface area contributed by atoms with Crippen LogP contribution in [0.2, 0.25) is 0 Å². The molecule has 4 nitrogen and oxygen atoms in total. The van der Waals surface area contributed by atoms with Crippen molar-refractivity contribution >= 4 is 18.3 Å². The van der Waals surface area contributed by atoms with Gasteiger partial charge >= 0.3 is 0 Å². The highest BCUT2D eigenvalue weighted by Gasteiger charge is 2.13. The maximum Gasteiger partial charge on any atom is 0.253 e. The first kappa shape index (κ1) is 17.0. The third-order valence-corrected chi connectivity index (χ3v) is 3.05. The molecule has 0 spiro atoms. The summed E-state index contributed by atoms with van der Waals surface area (Å²) in [6.07, 6.45) is 1.89. The minimum absolute atomic E-state index is 0. The number of aromatic nitrogens is 1. The molecule has 1 rings (SSSR count). The maximum atomic E-state index is 12.0. The van der Waals surface area contributed by atoms with Gasteiger partial charge in [-0.25, -0.2) is 0 Å². The summed E-state index contributed by atoms with van der Waals surface area (Å²) in [5.41, 5.74) is 8.37. The van der Waals surface area contributed by atoms with E-state index in [0.29, 0.717) is 13.1 Å². The average Bonchev–Trinajstić information content (AvgIpc) is 2.60. The first-order valence-corrected chi connectivity index (χ1v) is 6.26. The monoisotopic (exact) mass is 273 g/mol. The number of carbonyl (C=O) groups is 1. The third-order valence-electron chi connectivity index (χ3n) is 3.05. The van der Waals surface area contributed by atoms with E-state index in [9.17, 15) is 4.79 Å². The predicted octanol–water partition coefficient (Wildman–Crippen LogP) is 2.02. The number of rotatable bonds is 6. The number of unbranched alkanes of at least 4 members (excludes halogenated alkanes) is 1. The molecule has 1 aromatic rings. The Kier molecular flexibility index (Phi) is 7.71. The molecule has 0 fully saturated rings. The van der Waals surface area contributed by atoms with Gasteiger partial charge in [0.05, 0.1) is 5.56 Å². The second-order valence-electron chi connectivity index (χ2n) is 4.28. The Balaban J connectivity index is 0.00000289. The molecule has 0 saturated carbocycles. The first-order valence-electron chi connectivity index (χ1n) is 6.26. The lowest BCUT2D eigenvalue weighted by Gasteiger charge is -2.06. The van der Waals surface area contributed by atoms with Crippen molar-refractivity contribution in [1.29, 1.82) is 0 Å². The second-order valence-corrected chi connectivity index (χ2v) is 4.28. The van der Waals surface area contributed by atoms with Crippen LogP contribution in [0.1, 0.15) is 41.5 Å². The molecule has 0 aromatic carbocycles. The Bertz CT molecular complexity index is 388. The summed E-state index contributed by atoms with van der Waals surface area (Å²) >= 11 is 0. The fourth-order valence-electron chi connectivity index (χ4n) is 2.08. The Morgan fingerprint density at radius 3 is 2.56 bits per heavy atom. The molecule has 1 heterocycles. The molecule has 0 bridgehead atoms. The lowest BCUT2D eigenvalue weighted by molar-refractivity contribution is 0.0952. The number of carbonyl (C=O) groups excluding carboxylic acids is 1. The molecule has 18 heavy (non-hydrogen) atoms. The molecular weight excluding hydrogens is 250 g/mol. The summed E-state index contributed by atoms with van der Waals surface area (Å²) in [4.78, 5) is 12.0. The van der Waals surface area contributed by atoms with Gasteiger partial charge < -0.3 is 15.6 Å². The van der Waals surface area contributed by atoms with Crippen molar-refractivity contribution in [2.24, 2.45) is 5.73 Å². The van der Waals surface area contributed by atoms with Gasteiger partial charge in [0.1, 0.15) is 0 Å². The summed E-state index contributed by atoms with van der Waals surface area (Å²) in [6, 6.07) is 1.96. The zero-order chi connectivity index (χ0) is 12.8. The Hall–Kier alpha value is -1.00. The van der Waals surface area contributed by atoms with Crippen molar-refractivity contribution in [3.63, 3.8) is 0 Å². The van der Waals surface area contributed by atoms with Crippen LogP contribution in [-0.2, 0) is 6.54 Å². The molecule has 3 N–H and O–H groups in total. The zero-order valence-corrected chi connectivity index (χ0v) is 12.3. The van der Waals surface area contributed by atoms with Crippen molar-refractivity contribution in [3.8, 4) is 0 Å². The quantitative estimate of drug-likeness (QED) is 0.779. The third kappa shape index (κ3) is 4.03. The van der Waals surface area contributed by atoms with Crippen LogP contribution in [0.15, 0.2) is 6.07 Å². The van der Waals surface area contributed by atoms with Crippen molar-refractivity contribution in [3.05, 3.63) is 23.0 Å². The number of amides is 1. The van der Waals surface area contributed by atoms with E-state index in [1.165, 1.54) is 0 Å². The van der Waals surface area contributed by atoms with Gasteiger partial charge in [-0.2, -0.15) is 0 Å². The summed E-state index contributed by atoms with van der Waals surface area (Å²) in [5.74, 6) is 0.0230. The van der Waals surface area contributed by atoms with E-state index in [1.54, 1.807) is 0 Å². The summed E-state index contributed by atoms with van der Waals surface area (Å²) in [6.45, 7) is 8.39. The van der Waals surface area contributed by atoms with Crippen LogP contribution in [0.25, 0.3) is 0 Å². The van der Waals surface area contributed by atoms with Crippen LogP contribution in [0.3, 0.4) is 0 Å². The largest absolute Gasteiger partial charge is 0.352 e. The van der Waals surface area contributed by atoms with Gasteiger partial charge in [0.15, 0.2) is 0 Å². The Labute approximate surface area is 115 Å². The molecule has 0 aliphatic heterocycles. The van der Waals surface area contributed by atoms with Crippen molar-refractivity contribution < 1.29 is 4.79 Å². The minimum atomic E-state index is 0. The number of halogens is 1. The van der Waals surface area contributed by atoms with Crippen LogP contribution >= 0.6 is 12.4 Å². The smallest absolute Gasteiger partial charge is 0.253 e. The molecule has 0 unspecified atom stereocenters. The van der Waals surface area contributed by atoms with E-state index in [0.717, 1.165) is 36.3 Å². The molecule has 0 aliphatic rings. The summed E-state index contributed by atoms with van der Waals surface area (Å²) in [5, 5.41) is 2.93. The number of nitrogens with two attached hydrogens (primary N) is 1. The van der Waals surface area contributed by atoms with Gasteiger partial charge in [-0.3, -0.25) is 4.79 Å². The van der Waals surface area contributed by atoms with Crippen molar-refractivity contribution in [1.82, 2.24) is 9.88 Å². The van der Waals surface area contributed by atoms with Crippen LogP contribution < -0.4 is 11.1 Å². The molecule has 5 heteroatoms. The minimum Gasteiger partial charge on any atom is -0.352 e. The molecule has 104 valence electrons. The van der Waals surface area contributed by atoms with Gasteiger partial charge in [0.25, 0.3) is 5.91 Å². The Morgan fingerprint density at radius 2 is 2.06 bits per heavy atom. The molecule has 0 radical (unpaired) electrons. The lowest BCUT2D eigenvalue weighted by Crippen LogP contribution is -2.25. The normalized spacial score (nSPS) is 10.0. The lowest BCUT2D eigenvalue weighted by atomic mass is 10.2. The predicted molar refractivity (Wildman–Crippen MR) is 77.4 cm³/mol. The van der Waals surface area contributed by atoms with E-state index < -0.39 is 0 Å². The van der Waals surface area contributed by atoms with E-state index >= 15 is 0 Å². The fourth-order valence-corrected chi connectivity index (χ4v) is 2.08. The van der Waals surface area contributed by atoms with Crippen LogP contribution in [0.5, 0.6) is 0 Å². The SMILES string of the molecule is CCn1c(C)cc(C(=O)NCCCCN)c1C.Cl.